The number of nitrogens with one attached hydrogen (secondary N) is 2. The maximum Gasteiger partial charge on any atom is 0.252 e. The van der Waals surface area contributed by atoms with Gasteiger partial charge < -0.3 is 21.3 Å². The predicted octanol–water partition coefficient (Wildman–Crippen LogP) is 0.459. The summed E-state index contributed by atoms with van der Waals surface area (Å²) in [5.74, 6) is -1.75. The molecule has 3 atom stereocenters. The quantitative estimate of drug-likeness (QED) is 0.629. The first-order chi connectivity index (χ1) is 15.4. The summed E-state index contributed by atoms with van der Waals surface area (Å²) >= 11 is 0. The Morgan fingerprint density at radius 3 is 2.34 bits per heavy atom. The number of amides is 4. The van der Waals surface area contributed by atoms with Crippen molar-refractivity contribution in [3.63, 3.8) is 0 Å². The molecule has 0 radical (unpaired) electrons. The minimum atomic E-state index is -1.01. The van der Waals surface area contributed by atoms with E-state index in [1.54, 1.807) is 12.1 Å². The highest BCUT2D eigenvalue weighted by atomic mass is 16.2. The average Bonchev–Trinajstić information content (AvgIpc) is 3.20. The Kier molecular flexibility index (Phi) is 5.81. The van der Waals surface area contributed by atoms with Crippen molar-refractivity contribution in [2.24, 2.45) is 5.73 Å². The van der Waals surface area contributed by atoms with Gasteiger partial charge in [-0.3, -0.25) is 24.1 Å². The zero-order chi connectivity index (χ0) is 22.8. The van der Waals surface area contributed by atoms with Crippen LogP contribution in [0.4, 0.5) is 11.4 Å². The topological polar surface area (TPSA) is 125 Å². The van der Waals surface area contributed by atoms with Crippen LogP contribution in [0.3, 0.4) is 0 Å². The number of primary amides is 1. The summed E-state index contributed by atoms with van der Waals surface area (Å²) < 4.78 is 0. The monoisotopic (exact) mass is 435 g/mol. The number of carbonyl (C=O) groups is 4. The van der Waals surface area contributed by atoms with Crippen LogP contribution >= 0.6 is 0 Å². The van der Waals surface area contributed by atoms with Crippen LogP contribution in [0.2, 0.25) is 0 Å². The highest BCUT2D eigenvalue weighted by molar-refractivity contribution is 6.07. The van der Waals surface area contributed by atoms with Gasteiger partial charge in [0.2, 0.25) is 17.7 Å². The molecule has 166 valence electrons. The first-order valence-electron chi connectivity index (χ1n) is 10.4. The molecule has 0 saturated carbocycles. The number of benzene rings is 2. The van der Waals surface area contributed by atoms with Crippen molar-refractivity contribution >= 4 is 35.0 Å². The maximum absolute atomic E-state index is 13.8. The van der Waals surface area contributed by atoms with E-state index in [2.05, 4.69) is 10.6 Å². The SMILES string of the molecule is CN1c2ccccc2N(CC(N)=O)C(=O)[C@@H](NC(=O)[C@@H]2CCC(=O)N2)[C@H]1c1ccccc1. The largest absolute Gasteiger partial charge is 0.368 e. The van der Waals surface area contributed by atoms with E-state index in [-0.39, 0.29) is 18.9 Å². The van der Waals surface area contributed by atoms with Gasteiger partial charge in [0.15, 0.2) is 0 Å². The highest BCUT2D eigenvalue weighted by Gasteiger charge is 2.43. The van der Waals surface area contributed by atoms with Gasteiger partial charge in [-0.25, -0.2) is 0 Å². The van der Waals surface area contributed by atoms with E-state index >= 15 is 0 Å². The van der Waals surface area contributed by atoms with E-state index < -0.39 is 35.8 Å². The van der Waals surface area contributed by atoms with Crippen LogP contribution in [0, 0.1) is 0 Å². The number of fused-ring (bicyclic) bond motifs is 1. The number of nitrogens with zero attached hydrogens (tertiary/aromatic N) is 2. The van der Waals surface area contributed by atoms with Gasteiger partial charge in [0, 0.05) is 13.5 Å². The molecule has 4 amide bonds. The van der Waals surface area contributed by atoms with Crippen molar-refractivity contribution in [2.75, 3.05) is 23.4 Å². The van der Waals surface area contributed by atoms with Crippen molar-refractivity contribution in [1.29, 1.82) is 0 Å². The number of hydrogen-bond donors (Lipinski definition) is 3. The van der Waals surface area contributed by atoms with Crippen molar-refractivity contribution in [2.45, 2.75) is 31.0 Å². The molecule has 2 aromatic carbocycles. The molecular formula is C23H25N5O4. The van der Waals surface area contributed by atoms with Crippen LogP contribution < -0.4 is 26.2 Å². The second kappa shape index (κ2) is 8.70. The van der Waals surface area contributed by atoms with Crippen molar-refractivity contribution in [3.05, 3.63) is 60.2 Å². The Morgan fingerprint density at radius 1 is 1.06 bits per heavy atom. The Bertz CT molecular complexity index is 1060. The summed E-state index contributed by atoms with van der Waals surface area (Å²) in [5.41, 5.74) is 7.53. The van der Waals surface area contributed by atoms with Gasteiger partial charge >= 0.3 is 0 Å². The minimum Gasteiger partial charge on any atom is -0.368 e. The van der Waals surface area contributed by atoms with Gasteiger partial charge in [-0.1, -0.05) is 42.5 Å². The number of nitrogens with two attached hydrogens (primary N) is 1. The Balaban J connectivity index is 1.80. The van der Waals surface area contributed by atoms with E-state index in [4.69, 9.17) is 5.73 Å². The molecule has 9 heteroatoms. The number of carbonyl (C=O) groups excluding carboxylic acids is 4. The van der Waals surface area contributed by atoms with Crippen LogP contribution in [-0.2, 0) is 19.2 Å². The fourth-order valence-corrected chi connectivity index (χ4v) is 4.38. The fourth-order valence-electron chi connectivity index (χ4n) is 4.38. The van der Waals surface area contributed by atoms with E-state index in [1.165, 1.54) is 4.90 Å². The summed E-state index contributed by atoms with van der Waals surface area (Å²) in [5, 5.41) is 5.49. The highest BCUT2D eigenvalue weighted by Crippen LogP contribution is 2.39. The van der Waals surface area contributed by atoms with Crippen molar-refractivity contribution in [3.8, 4) is 0 Å². The lowest BCUT2D eigenvalue weighted by atomic mass is 9.96. The third-order valence-electron chi connectivity index (χ3n) is 5.88. The van der Waals surface area contributed by atoms with Crippen LogP contribution in [0.5, 0.6) is 0 Å². The number of anilines is 2. The van der Waals surface area contributed by atoms with Gasteiger partial charge in [-0.05, 0) is 24.1 Å². The third-order valence-corrected chi connectivity index (χ3v) is 5.88. The minimum absolute atomic E-state index is 0.197. The van der Waals surface area contributed by atoms with E-state index in [9.17, 15) is 19.2 Å². The van der Waals surface area contributed by atoms with Gasteiger partial charge in [-0.2, -0.15) is 0 Å². The molecular weight excluding hydrogens is 410 g/mol. The molecule has 0 unspecified atom stereocenters. The van der Waals surface area contributed by atoms with Gasteiger partial charge in [0.25, 0.3) is 5.91 Å². The van der Waals surface area contributed by atoms with Crippen molar-refractivity contribution < 1.29 is 19.2 Å². The number of para-hydroxylation sites is 2. The lowest BCUT2D eigenvalue weighted by Crippen LogP contribution is -2.57. The summed E-state index contributed by atoms with van der Waals surface area (Å²) in [7, 11) is 1.84. The molecule has 0 spiro atoms. The van der Waals surface area contributed by atoms with Gasteiger partial charge in [0.05, 0.1) is 17.4 Å². The lowest BCUT2D eigenvalue weighted by Gasteiger charge is -2.34. The molecule has 32 heavy (non-hydrogen) atoms. The van der Waals surface area contributed by atoms with Crippen LogP contribution in [0.15, 0.2) is 54.6 Å². The normalized spacial score (nSPS) is 22.7. The van der Waals surface area contributed by atoms with Gasteiger partial charge in [0.1, 0.15) is 18.6 Å². The Labute approximate surface area is 185 Å². The van der Waals surface area contributed by atoms with Crippen LogP contribution in [-0.4, -0.2) is 49.3 Å². The molecule has 2 aromatic rings. The number of hydrogen-bond acceptors (Lipinski definition) is 5. The average molecular weight is 435 g/mol. The molecule has 1 saturated heterocycles. The molecule has 4 N–H and O–H groups in total. The summed E-state index contributed by atoms with van der Waals surface area (Å²) in [6, 6.07) is 14.3. The second-order valence-corrected chi connectivity index (χ2v) is 7.99. The fraction of sp³-hybridized carbons (Fsp3) is 0.304. The lowest BCUT2D eigenvalue weighted by molar-refractivity contribution is -0.130. The molecule has 4 rings (SSSR count). The molecule has 9 nitrogen and oxygen atoms in total. The van der Waals surface area contributed by atoms with Crippen LogP contribution in [0.25, 0.3) is 0 Å². The molecule has 2 aliphatic heterocycles. The Hall–Kier alpha value is -3.88. The zero-order valence-corrected chi connectivity index (χ0v) is 17.7. The molecule has 0 bridgehead atoms. The predicted molar refractivity (Wildman–Crippen MR) is 119 cm³/mol. The Morgan fingerprint density at radius 2 is 1.72 bits per heavy atom. The summed E-state index contributed by atoms with van der Waals surface area (Å²) in [4.78, 5) is 53.4. The van der Waals surface area contributed by atoms with E-state index in [0.29, 0.717) is 12.1 Å². The standard InChI is InChI=1S/C23H25N5O4/c1-27-16-9-5-6-10-17(16)28(13-18(24)29)23(32)20(21(27)14-7-3-2-4-8-14)26-22(31)15-11-12-19(30)25-15/h2-10,15,20-21H,11-13H2,1H3,(H2,24,29)(H,25,30)(H,26,31)/t15-,20-,21+/m0/s1. The first kappa shape index (κ1) is 21.4. The summed E-state index contributed by atoms with van der Waals surface area (Å²) in [6.07, 6.45) is 0.626. The summed E-state index contributed by atoms with van der Waals surface area (Å²) in [6.45, 7) is -0.322. The zero-order valence-electron chi connectivity index (χ0n) is 17.7. The third kappa shape index (κ3) is 4.01. The maximum atomic E-state index is 13.8. The second-order valence-electron chi connectivity index (χ2n) is 7.99. The first-order valence-corrected chi connectivity index (χ1v) is 10.4. The van der Waals surface area contributed by atoms with E-state index in [1.807, 2.05) is 54.4 Å². The van der Waals surface area contributed by atoms with Crippen molar-refractivity contribution in [1.82, 2.24) is 10.6 Å². The van der Waals surface area contributed by atoms with Crippen LogP contribution in [0.1, 0.15) is 24.4 Å². The molecule has 2 heterocycles. The smallest absolute Gasteiger partial charge is 0.252 e. The molecule has 0 aliphatic carbocycles. The number of likely N-dealkylation sites (N-methyl/N-ethyl adjacent to an activating group) is 1. The molecule has 0 aromatic heterocycles. The molecule has 1 fully saturated rings. The molecule has 2 aliphatic rings. The van der Waals surface area contributed by atoms with E-state index in [0.717, 1.165) is 11.3 Å². The van der Waals surface area contributed by atoms with Gasteiger partial charge in [-0.15, -0.1) is 0 Å². The number of rotatable bonds is 5.